The molecular formula is C49H35NS. The standard InChI is InChI=1S/C49H35NS/c1-49(2)45-20-8-6-16-40(45)41-27-26-37(31-46(41)49)50(36-15-10-14-34(30-36)32-12-4-3-5-13-32)35-24-22-33(23-25-35)38-18-11-19-43-39(38)28-29-44-42-17-7-9-21-47(42)51-48(43)44/h3-31H,1-2H3. The van der Waals surface area contributed by atoms with E-state index in [1.54, 1.807) is 0 Å². The average Bonchev–Trinajstić information content (AvgIpc) is 3.68. The first-order valence-electron chi connectivity index (χ1n) is 17.7. The minimum absolute atomic E-state index is 0.0858. The Kier molecular flexibility index (Phi) is 6.78. The van der Waals surface area contributed by atoms with Crippen molar-refractivity contribution < 1.29 is 0 Å². The molecule has 1 nitrogen and oxygen atoms in total. The molecular weight excluding hydrogens is 635 g/mol. The second-order valence-electron chi connectivity index (χ2n) is 14.1. The molecule has 1 heterocycles. The van der Waals surface area contributed by atoms with Crippen molar-refractivity contribution in [3.8, 4) is 33.4 Å². The van der Waals surface area contributed by atoms with Gasteiger partial charge in [0.15, 0.2) is 0 Å². The van der Waals surface area contributed by atoms with Crippen LogP contribution in [0.4, 0.5) is 17.1 Å². The minimum atomic E-state index is -0.0858. The van der Waals surface area contributed by atoms with Crippen molar-refractivity contribution in [1.82, 2.24) is 0 Å². The summed E-state index contributed by atoms with van der Waals surface area (Å²) in [5.41, 5.74) is 13.6. The van der Waals surface area contributed by atoms with E-state index in [2.05, 4.69) is 195 Å². The fraction of sp³-hybridized carbons (Fsp3) is 0.0612. The highest BCUT2D eigenvalue weighted by molar-refractivity contribution is 7.26. The lowest BCUT2D eigenvalue weighted by molar-refractivity contribution is 0.660. The van der Waals surface area contributed by atoms with Crippen LogP contribution in [0.25, 0.3) is 64.3 Å². The Morgan fingerprint density at radius 1 is 0.392 bits per heavy atom. The average molecular weight is 670 g/mol. The predicted octanol–water partition coefficient (Wildman–Crippen LogP) is 14.3. The third-order valence-electron chi connectivity index (χ3n) is 10.9. The zero-order chi connectivity index (χ0) is 34.1. The quantitative estimate of drug-likeness (QED) is 0.176. The monoisotopic (exact) mass is 669 g/mol. The molecule has 9 aromatic rings. The normalized spacial score (nSPS) is 13.1. The van der Waals surface area contributed by atoms with Crippen LogP contribution >= 0.6 is 11.3 Å². The molecule has 10 rings (SSSR count). The summed E-state index contributed by atoms with van der Waals surface area (Å²) in [5, 5.41) is 5.28. The molecule has 0 aliphatic heterocycles. The highest BCUT2D eigenvalue weighted by Gasteiger charge is 2.35. The van der Waals surface area contributed by atoms with Gasteiger partial charge in [-0.1, -0.05) is 147 Å². The van der Waals surface area contributed by atoms with Crippen molar-refractivity contribution >= 4 is 59.3 Å². The summed E-state index contributed by atoms with van der Waals surface area (Å²) >= 11 is 1.89. The SMILES string of the molecule is CC1(C)c2ccccc2-c2ccc(N(c3ccc(-c4cccc5c4ccc4c6ccccc6sc54)cc3)c3cccc(-c4ccccc4)c3)cc21. The molecule has 8 aromatic carbocycles. The topological polar surface area (TPSA) is 3.24 Å². The summed E-state index contributed by atoms with van der Waals surface area (Å²) < 4.78 is 2.70. The summed E-state index contributed by atoms with van der Waals surface area (Å²) in [5.74, 6) is 0. The second kappa shape index (κ2) is 11.6. The first-order valence-corrected chi connectivity index (χ1v) is 18.5. The van der Waals surface area contributed by atoms with E-state index >= 15 is 0 Å². The maximum absolute atomic E-state index is 2.42. The Bertz CT molecular complexity index is 2770. The van der Waals surface area contributed by atoms with Crippen LogP contribution in [0, 0.1) is 0 Å². The van der Waals surface area contributed by atoms with E-state index < -0.39 is 0 Å². The van der Waals surface area contributed by atoms with Crippen molar-refractivity contribution in [3.05, 3.63) is 187 Å². The number of anilines is 3. The van der Waals surface area contributed by atoms with Crippen LogP contribution in [-0.4, -0.2) is 0 Å². The Balaban J connectivity index is 1.11. The fourth-order valence-corrected chi connectivity index (χ4v) is 9.55. The molecule has 0 radical (unpaired) electrons. The molecule has 0 unspecified atom stereocenters. The van der Waals surface area contributed by atoms with Gasteiger partial charge in [0.05, 0.1) is 0 Å². The molecule has 242 valence electrons. The summed E-state index contributed by atoms with van der Waals surface area (Å²) in [6.07, 6.45) is 0. The van der Waals surface area contributed by atoms with Gasteiger partial charge in [-0.3, -0.25) is 0 Å². The summed E-state index contributed by atoms with van der Waals surface area (Å²) in [7, 11) is 0. The number of hydrogen-bond acceptors (Lipinski definition) is 2. The van der Waals surface area contributed by atoms with Crippen LogP contribution in [0.2, 0.25) is 0 Å². The lowest BCUT2D eigenvalue weighted by Gasteiger charge is -2.28. The van der Waals surface area contributed by atoms with Gasteiger partial charge in [-0.15, -0.1) is 11.3 Å². The third kappa shape index (κ3) is 4.75. The zero-order valence-electron chi connectivity index (χ0n) is 28.6. The van der Waals surface area contributed by atoms with Gasteiger partial charge in [0.2, 0.25) is 0 Å². The zero-order valence-corrected chi connectivity index (χ0v) is 29.4. The summed E-state index contributed by atoms with van der Waals surface area (Å²) in [6, 6.07) is 64.8. The number of fused-ring (bicyclic) bond motifs is 8. The fourth-order valence-electron chi connectivity index (χ4n) is 8.32. The number of rotatable bonds is 5. The van der Waals surface area contributed by atoms with Crippen LogP contribution in [0.1, 0.15) is 25.0 Å². The maximum atomic E-state index is 2.42. The van der Waals surface area contributed by atoms with Crippen molar-refractivity contribution in [1.29, 1.82) is 0 Å². The van der Waals surface area contributed by atoms with Gasteiger partial charge in [0, 0.05) is 48.0 Å². The van der Waals surface area contributed by atoms with E-state index in [9.17, 15) is 0 Å². The van der Waals surface area contributed by atoms with Crippen molar-refractivity contribution in [2.45, 2.75) is 19.3 Å². The van der Waals surface area contributed by atoms with E-state index in [-0.39, 0.29) is 5.41 Å². The molecule has 1 aliphatic rings. The highest BCUT2D eigenvalue weighted by Crippen LogP contribution is 2.51. The maximum Gasteiger partial charge on any atom is 0.0467 e. The van der Waals surface area contributed by atoms with E-state index in [1.807, 2.05) is 11.3 Å². The predicted molar refractivity (Wildman–Crippen MR) is 220 cm³/mol. The van der Waals surface area contributed by atoms with Crippen LogP contribution < -0.4 is 4.90 Å². The molecule has 51 heavy (non-hydrogen) atoms. The molecule has 0 fully saturated rings. The van der Waals surface area contributed by atoms with Gasteiger partial charge in [0.1, 0.15) is 0 Å². The number of benzene rings is 8. The summed E-state index contributed by atoms with van der Waals surface area (Å²) in [6.45, 7) is 4.71. The van der Waals surface area contributed by atoms with E-state index in [0.29, 0.717) is 0 Å². The molecule has 0 bridgehead atoms. The van der Waals surface area contributed by atoms with E-state index in [0.717, 1.165) is 17.1 Å². The Hall–Kier alpha value is -5.96. The summed E-state index contributed by atoms with van der Waals surface area (Å²) in [4.78, 5) is 2.42. The van der Waals surface area contributed by atoms with Crippen LogP contribution in [0.5, 0.6) is 0 Å². The molecule has 1 aromatic heterocycles. The van der Waals surface area contributed by atoms with Gasteiger partial charge in [0.25, 0.3) is 0 Å². The molecule has 0 saturated heterocycles. The van der Waals surface area contributed by atoms with Crippen LogP contribution in [-0.2, 0) is 5.41 Å². The lowest BCUT2D eigenvalue weighted by Crippen LogP contribution is -2.16. The molecule has 0 saturated carbocycles. The molecule has 0 amide bonds. The molecule has 1 aliphatic carbocycles. The number of nitrogens with zero attached hydrogens (tertiary/aromatic N) is 1. The van der Waals surface area contributed by atoms with Crippen LogP contribution in [0.3, 0.4) is 0 Å². The van der Waals surface area contributed by atoms with E-state index in [4.69, 9.17) is 0 Å². The molecule has 0 spiro atoms. The van der Waals surface area contributed by atoms with E-state index in [1.165, 1.54) is 75.5 Å². The van der Waals surface area contributed by atoms with Crippen LogP contribution in [0.15, 0.2) is 176 Å². The van der Waals surface area contributed by atoms with Gasteiger partial charge < -0.3 is 4.90 Å². The highest BCUT2D eigenvalue weighted by atomic mass is 32.1. The number of thiophene rings is 1. The van der Waals surface area contributed by atoms with Gasteiger partial charge in [-0.05, 0) is 92.4 Å². The van der Waals surface area contributed by atoms with Gasteiger partial charge in [-0.25, -0.2) is 0 Å². The van der Waals surface area contributed by atoms with Crippen molar-refractivity contribution in [3.63, 3.8) is 0 Å². The Morgan fingerprint density at radius 2 is 1.02 bits per heavy atom. The second-order valence-corrected chi connectivity index (χ2v) is 15.2. The molecule has 0 N–H and O–H groups in total. The first-order chi connectivity index (χ1) is 25.0. The first kappa shape index (κ1) is 29.9. The smallest absolute Gasteiger partial charge is 0.0467 e. The largest absolute Gasteiger partial charge is 0.310 e. The third-order valence-corrected chi connectivity index (χ3v) is 12.1. The lowest BCUT2D eigenvalue weighted by atomic mass is 9.82. The van der Waals surface area contributed by atoms with Gasteiger partial charge >= 0.3 is 0 Å². The molecule has 2 heteroatoms. The number of hydrogen-bond donors (Lipinski definition) is 0. The van der Waals surface area contributed by atoms with Gasteiger partial charge in [-0.2, -0.15) is 0 Å². The minimum Gasteiger partial charge on any atom is -0.310 e. The van der Waals surface area contributed by atoms with Crippen molar-refractivity contribution in [2.24, 2.45) is 0 Å². The Labute approximate surface area is 302 Å². The van der Waals surface area contributed by atoms with Crippen molar-refractivity contribution in [2.75, 3.05) is 4.90 Å². The Morgan fingerprint density at radius 3 is 1.90 bits per heavy atom. The molecule has 0 atom stereocenters.